The number of pyridine rings is 1. The number of carbonyl (C=O) groups excluding carboxylic acids is 1. The van der Waals surface area contributed by atoms with Gasteiger partial charge in [-0.25, -0.2) is 0 Å². The lowest BCUT2D eigenvalue weighted by Gasteiger charge is -2.04. The summed E-state index contributed by atoms with van der Waals surface area (Å²) in [5.41, 5.74) is 1.71. The molecular weight excluding hydrogens is 200 g/mol. The molecule has 0 spiro atoms. The van der Waals surface area contributed by atoms with Gasteiger partial charge < -0.3 is 4.90 Å². The summed E-state index contributed by atoms with van der Waals surface area (Å²) in [5.74, 6) is 0.197. The van der Waals surface area contributed by atoms with Crippen LogP contribution in [0.2, 0.25) is 0 Å². The van der Waals surface area contributed by atoms with Crippen molar-refractivity contribution in [2.75, 3.05) is 0 Å². The molecule has 84 valence electrons. The minimum Gasteiger partial charge on any atom is -0.329 e. The Bertz CT molecular complexity index is 418. The Hall–Kier alpha value is -1.38. The van der Waals surface area contributed by atoms with Crippen LogP contribution in [0.15, 0.2) is 18.3 Å². The van der Waals surface area contributed by atoms with Crippen LogP contribution in [0, 0.1) is 6.92 Å². The summed E-state index contributed by atoms with van der Waals surface area (Å²) in [4.78, 5) is 18.4. The molecule has 1 saturated carbocycles. The minimum absolute atomic E-state index is 0.197. The van der Waals surface area contributed by atoms with E-state index < -0.39 is 0 Å². The van der Waals surface area contributed by atoms with Gasteiger partial charge in [-0.2, -0.15) is 0 Å². The van der Waals surface area contributed by atoms with Crippen molar-refractivity contribution in [2.45, 2.75) is 44.7 Å². The highest BCUT2D eigenvalue weighted by Gasteiger charge is 2.51. The predicted molar refractivity (Wildman–Crippen MR) is 61.2 cm³/mol. The van der Waals surface area contributed by atoms with Crippen molar-refractivity contribution in [3.8, 4) is 0 Å². The molecule has 2 heterocycles. The van der Waals surface area contributed by atoms with E-state index in [1.54, 1.807) is 6.20 Å². The highest BCUT2D eigenvalue weighted by molar-refractivity contribution is 5.96. The third-order valence-corrected chi connectivity index (χ3v) is 3.70. The summed E-state index contributed by atoms with van der Waals surface area (Å²) in [6.45, 7) is 1.92. The highest BCUT2D eigenvalue weighted by Crippen LogP contribution is 2.41. The van der Waals surface area contributed by atoms with Crippen molar-refractivity contribution >= 4 is 5.91 Å². The van der Waals surface area contributed by atoms with E-state index in [4.69, 9.17) is 0 Å². The van der Waals surface area contributed by atoms with E-state index in [1.807, 2.05) is 19.1 Å². The fraction of sp³-hybridized carbons (Fsp3) is 0.538. The standard InChI is InChI=1S/C13H16N2O/c1-9-8-10(6-7-14-9)13(16)15-11-4-2-3-5-12(11)15/h6-8,11-12H,2-5H2,1H3. The Morgan fingerprint density at radius 2 is 2.06 bits per heavy atom. The summed E-state index contributed by atoms with van der Waals surface area (Å²) >= 11 is 0. The van der Waals surface area contributed by atoms with Crippen LogP contribution in [0.25, 0.3) is 0 Å². The lowest BCUT2D eigenvalue weighted by molar-refractivity contribution is 0.0865. The average Bonchev–Trinajstić information content (AvgIpc) is 3.02. The maximum atomic E-state index is 12.2. The number of fused-ring (bicyclic) bond motifs is 1. The van der Waals surface area contributed by atoms with Crippen LogP contribution >= 0.6 is 0 Å². The van der Waals surface area contributed by atoms with Gasteiger partial charge >= 0.3 is 0 Å². The average molecular weight is 216 g/mol. The number of rotatable bonds is 1. The molecule has 3 nitrogen and oxygen atoms in total. The zero-order valence-corrected chi connectivity index (χ0v) is 9.52. The molecule has 1 amide bonds. The second-order valence-corrected chi connectivity index (χ2v) is 4.82. The van der Waals surface area contributed by atoms with Crippen LogP contribution in [-0.2, 0) is 0 Å². The molecule has 2 atom stereocenters. The lowest BCUT2D eigenvalue weighted by atomic mass is 10.0. The zero-order chi connectivity index (χ0) is 11.1. The molecule has 2 fully saturated rings. The summed E-state index contributed by atoms with van der Waals surface area (Å²) in [7, 11) is 0. The van der Waals surface area contributed by atoms with E-state index in [-0.39, 0.29) is 5.91 Å². The summed E-state index contributed by atoms with van der Waals surface area (Å²) in [5, 5.41) is 0. The van der Waals surface area contributed by atoms with Gasteiger partial charge in [0, 0.05) is 17.5 Å². The number of amides is 1. The fourth-order valence-electron chi connectivity index (χ4n) is 2.83. The van der Waals surface area contributed by atoms with Crippen molar-refractivity contribution in [1.82, 2.24) is 9.88 Å². The maximum Gasteiger partial charge on any atom is 0.254 e. The Kier molecular flexibility index (Phi) is 2.20. The third-order valence-electron chi connectivity index (χ3n) is 3.70. The van der Waals surface area contributed by atoms with Crippen molar-refractivity contribution in [1.29, 1.82) is 0 Å². The molecule has 3 heteroatoms. The van der Waals surface area contributed by atoms with Crippen LogP contribution in [0.4, 0.5) is 0 Å². The van der Waals surface area contributed by atoms with E-state index >= 15 is 0 Å². The molecule has 3 rings (SSSR count). The Morgan fingerprint density at radius 3 is 2.69 bits per heavy atom. The van der Waals surface area contributed by atoms with Gasteiger partial charge in [-0.15, -0.1) is 0 Å². The van der Waals surface area contributed by atoms with E-state index in [2.05, 4.69) is 9.88 Å². The van der Waals surface area contributed by atoms with Gasteiger partial charge in [-0.1, -0.05) is 12.8 Å². The van der Waals surface area contributed by atoms with Crippen molar-refractivity contribution in [3.63, 3.8) is 0 Å². The van der Waals surface area contributed by atoms with Crippen molar-refractivity contribution in [2.24, 2.45) is 0 Å². The SMILES string of the molecule is Cc1cc(C(=O)N2C3CCCCC32)ccn1. The predicted octanol–water partition coefficient (Wildman–Crippen LogP) is 2.16. The topological polar surface area (TPSA) is 33.0 Å². The number of likely N-dealkylation sites (tertiary alicyclic amines) is 1. The second-order valence-electron chi connectivity index (χ2n) is 4.82. The minimum atomic E-state index is 0.197. The van der Waals surface area contributed by atoms with Crippen molar-refractivity contribution < 1.29 is 4.79 Å². The van der Waals surface area contributed by atoms with Crippen molar-refractivity contribution in [3.05, 3.63) is 29.6 Å². The van der Waals surface area contributed by atoms with E-state index in [0.29, 0.717) is 12.1 Å². The first kappa shape index (κ1) is 9.82. The highest BCUT2D eigenvalue weighted by atomic mass is 16.2. The molecular formula is C13H16N2O. The van der Waals surface area contributed by atoms with Gasteiger partial charge in [-0.05, 0) is 31.9 Å². The molecule has 1 aromatic heterocycles. The second kappa shape index (κ2) is 3.58. The third kappa shape index (κ3) is 1.51. The van der Waals surface area contributed by atoms with Gasteiger partial charge in [-0.3, -0.25) is 9.78 Å². The molecule has 2 unspecified atom stereocenters. The summed E-state index contributed by atoms with van der Waals surface area (Å²) < 4.78 is 0. The number of aromatic nitrogens is 1. The fourth-order valence-corrected chi connectivity index (χ4v) is 2.83. The smallest absolute Gasteiger partial charge is 0.254 e. The van der Waals surface area contributed by atoms with Crippen LogP contribution in [0.5, 0.6) is 0 Å². The van der Waals surface area contributed by atoms with E-state index in [1.165, 1.54) is 25.7 Å². The number of aryl methyl sites for hydroxylation is 1. The first-order valence-corrected chi connectivity index (χ1v) is 6.03. The van der Waals surface area contributed by atoms with Crippen LogP contribution in [0.1, 0.15) is 41.7 Å². The maximum absolute atomic E-state index is 12.2. The largest absolute Gasteiger partial charge is 0.329 e. The Labute approximate surface area is 95.5 Å². The molecule has 1 aromatic rings. The zero-order valence-electron chi connectivity index (χ0n) is 9.52. The quantitative estimate of drug-likeness (QED) is 0.674. The van der Waals surface area contributed by atoms with Gasteiger partial charge in [0.15, 0.2) is 0 Å². The lowest BCUT2D eigenvalue weighted by Crippen LogP contribution is -2.14. The van der Waals surface area contributed by atoms with Gasteiger partial charge in [0.05, 0.1) is 12.1 Å². The number of hydrogen-bond acceptors (Lipinski definition) is 2. The Morgan fingerprint density at radius 1 is 1.38 bits per heavy atom. The number of carbonyl (C=O) groups is 1. The normalized spacial score (nSPS) is 27.4. The number of nitrogens with zero attached hydrogens (tertiary/aromatic N) is 2. The van der Waals surface area contributed by atoms with Crippen LogP contribution in [-0.4, -0.2) is 27.9 Å². The Balaban J connectivity index is 1.79. The molecule has 0 radical (unpaired) electrons. The van der Waals surface area contributed by atoms with Gasteiger partial charge in [0.1, 0.15) is 0 Å². The molecule has 16 heavy (non-hydrogen) atoms. The number of hydrogen-bond donors (Lipinski definition) is 0. The summed E-state index contributed by atoms with van der Waals surface area (Å²) in [6, 6.07) is 4.77. The van der Waals surface area contributed by atoms with E-state index in [0.717, 1.165) is 11.3 Å². The van der Waals surface area contributed by atoms with Gasteiger partial charge in [0.25, 0.3) is 5.91 Å². The van der Waals surface area contributed by atoms with E-state index in [9.17, 15) is 4.79 Å². The molecule has 0 bridgehead atoms. The van der Waals surface area contributed by atoms with Gasteiger partial charge in [0.2, 0.25) is 0 Å². The molecule has 1 aliphatic heterocycles. The van der Waals surface area contributed by atoms with Crippen LogP contribution < -0.4 is 0 Å². The first-order chi connectivity index (χ1) is 7.77. The molecule has 0 aromatic carbocycles. The molecule has 0 N–H and O–H groups in total. The molecule has 1 saturated heterocycles. The monoisotopic (exact) mass is 216 g/mol. The van der Waals surface area contributed by atoms with Crippen LogP contribution in [0.3, 0.4) is 0 Å². The first-order valence-electron chi connectivity index (χ1n) is 6.03. The molecule has 2 aliphatic rings. The molecule has 1 aliphatic carbocycles. The summed E-state index contributed by atoms with van der Waals surface area (Å²) in [6.07, 6.45) is 6.66.